The third-order valence-electron chi connectivity index (χ3n) is 2.69. The first kappa shape index (κ1) is 10.2. The van der Waals surface area contributed by atoms with E-state index >= 15 is 0 Å². The highest BCUT2D eigenvalue weighted by Gasteiger charge is 2.17. The van der Waals surface area contributed by atoms with Gasteiger partial charge in [0.15, 0.2) is 0 Å². The van der Waals surface area contributed by atoms with Gasteiger partial charge in [0.25, 0.3) is 0 Å². The number of rotatable bonds is 3. The van der Waals surface area contributed by atoms with Crippen molar-refractivity contribution in [1.29, 1.82) is 0 Å². The molecular weight excluding hydrogens is 188 g/mol. The van der Waals surface area contributed by atoms with Gasteiger partial charge in [-0.25, -0.2) is 0 Å². The molecule has 0 aliphatic carbocycles. The monoisotopic (exact) mass is 204 g/mol. The Labute approximate surface area is 89.9 Å². The predicted molar refractivity (Wildman–Crippen MR) is 60.7 cm³/mol. The molecule has 1 atom stereocenters. The van der Waals surface area contributed by atoms with Crippen LogP contribution in [0.5, 0.6) is 0 Å². The van der Waals surface area contributed by atoms with E-state index in [1.165, 1.54) is 0 Å². The van der Waals surface area contributed by atoms with Crippen LogP contribution in [0.4, 0.5) is 5.69 Å². The Morgan fingerprint density at radius 3 is 2.87 bits per heavy atom. The Morgan fingerprint density at radius 2 is 2.20 bits per heavy atom. The first-order valence-electron chi connectivity index (χ1n) is 5.40. The number of benzene rings is 1. The van der Waals surface area contributed by atoms with Crippen molar-refractivity contribution in [2.75, 3.05) is 18.4 Å². The summed E-state index contributed by atoms with van der Waals surface area (Å²) >= 11 is 0. The summed E-state index contributed by atoms with van der Waals surface area (Å²) in [5.41, 5.74) is 0.883. The van der Waals surface area contributed by atoms with Crippen molar-refractivity contribution in [1.82, 2.24) is 5.32 Å². The van der Waals surface area contributed by atoms with Crippen LogP contribution in [0.1, 0.15) is 12.8 Å². The van der Waals surface area contributed by atoms with Gasteiger partial charge in [-0.2, -0.15) is 0 Å². The second-order valence-corrected chi connectivity index (χ2v) is 3.98. The fourth-order valence-corrected chi connectivity index (χ4v) is 1.88. The SMILES string of the molecule is O=C(CC1CCNC1)Nc1ccccc1. The second kappa shape index (κ2) is 4.94. The van der Waals surface area contributed by atoms with Crippen LogP contribution >= 0.6 is 0 Å². The van der Waals surface area contributed by atoms with Crippen molar-refractivity contribution < 1.29 is 4.79 Å². The largest absolute Gasteiger partial charge is 0.326 e. The van der Waals surface area contributed by atoms with Gasteiger partial charge in [-0.15, -0.1) is 0 Å². The number of carbonyl (C=O) groups excluding carboxylic acids is 1. The molecule has 1 unspecified atom stereocenters. The van der Waals surface area contributed by atoms with Crippen molar-refractivity contribution in [2.45, 2.75) is 12.8 Å². The minimum Gasteiger partial charge on any atom is -0.326 e. The van der Waals surface area contributed by atoms with E-state index in [9.17, 15) is 4.79 Å². The molecule has 80 valence electrons. The summed E-state index contributed by atoms with van der Waals surface area (Å²) in [6.45, 7) is 2.02. The van der Waals surface area contributed by atoms with Crippen molar-refractivity contribution in [3.05, 3.63) is 30.3 Å². The van der Waals surface area contributed by atoms with Gasteiger partial charge < -0.3 is 10.6 Å². The van der Waals surface area contributed by atoms with E-state index in [1.54, 1.807) is 0 Å². The van der Waals surface area contributed by atoms with Crippen molar-refractivity contribution >= 4 is 11.6 Å². The Kier molecular flexibility index (Phi) is 3.35. The number of hydrogen-bond donors (Lipinski definition) is 2. The molecule has 1 heterocycles. The van der Waals surface area contributed by atoms with Crippen molar-refractivity contribution in [3.63, 3.8) is 0 Å². The summed E-state index contributed by atoms with van der Waals surface area (Å²) < 4.78 is 0. The first-order valence-corrected chi connectivity index (χ1v) is 5.40. The van der Waals surface area contributed by atoms with Gasteiger partial charge in [-0.05, 0) is 37.6 Å². The summed E-state index contributed by atoms with van der Waals surface area (Å²) in [6.07, 6.45) is 1.74. The van der Waals surface area contributed by atoms with Crippen LogP contribution in [0.25, 0.3) is 0 Å². The number of carbonyl (C=O) groups is 1. The lowest BCUT2D eigenvalue weighted by Crippen LogP contribution is -2.18. The van der Waals surface area contributed by atoms with E-state index in [0.717, 1.165) is 25.2 Å². The molecule has 0 bridgehead atoms. The van der Waals surface area contributed by atoms with Crippen LogP contribution in [-0.2, 0) is 4.79 Å². The molecule has 1 amide bonds. The van der Waals surface area contributed by atoms with Crippen molar-refractivity contribution in [3.8, 4) is 0 Å². The molecule has 1 aromatic rings. The molecule has 15 heavy (non-hydrogen) atoms. The molecule has 1 aliphatic rings. The van der Waals surface area contributed by atoms with Crippen LogP contribution in [0.15, 0.2) is 30.3 Å². The highest BCUT2D eigenvalue weighted by molar-refractivity contribution is 5.90. The maximum Gasteiger partial charge on any atom is 0.224 e. The zero-order valence-corrected chi connectivity index (χ0v) is 8.70. The van der Waals surface area contributed by atoms with E-state index < -0.39 is 0 Å². The molecule has 0 spiro atoms. The number of nitrogens with one attached hydrogen (secondary N) is 2. The Bertz CT molecular complexity index is 318. The number of para-hydroxylation sites is 1. The lowest BCUT2D eigenvalue weighted by Gasteiger charge is -2.08. The molecule has 3 heteroatoms. The van der Waals surface area contributed by atoms with E-state index in [-0.39, 0.29) is 5.91 Å². The summed E-state index contributed by atoms with van der Waals surface area (Å²) in [4.78, 5) is 11.6. The molecule has 1 aliphatic heterocycles. The van der Waals surface area contributed by atoms with E-state index in [4.69, 9.17) is 0 Å². The molecule has 0 saturated carbocycles. The number of anilines is 1. The zero-order chi connectivity index (χ0) is 10.5. The Balaban J connectivity index is 1.82. The molecule has 0 radical (unpaired) electrons. The second-order valence-electron chi connectivity index (χ2n) is 3.98. The number of amides is 1. The Morgan fingerprint density at radius 1 is 1.40 bits per heavy atom. The van der Waals surface area contributed by atoms with Gasteiger partial charge in [-0.3, -0.25) is 4.79 Å². The van der Waals surface area contributed by atoms with Crippen LogP contribution in [-0.4, -0.2) is 19.0 Å². The van der Waals surface area contributed by atoms with Crippen molar-refractivity contribution in [2.24, 2.45) is 5.92 Å². The maximum atomic E-state index is 11.6. The summed E-state index contributed by atoms with van der Waals surface area (Å²) in [7, 11) is 0. The first-order chi connectivity index (χ1) is 7.34. The molecule has 0 aromatic heterocycles. The standard InChI is InChI=1S/C12H16N2O/c15-12(8-10-6-7-13-9-10)14-11-4-2-1-3-5-11/h1-5,10,13H,6-9H2,(H,14,15). The van der Waals surface area contributed by atoms with Crippen LogP contribution in [0.3, 0.4) is 0 Å². The van der Waals surface area contributed by atoms with Crippen LogP contribution < -0.4 is 10.6 Å². The molecule has 1 saturated heterocycles. The van der Waals surface area contributed by atoms with Gasteiger partial charge in [0.1, 0.15) is 0 Å². The topological polar surface area (TPSA) is 41.1 Å². The number of hydrogen-bond acceptors (Lipinski definition) is 2. The molecule has 2 N–H and O–H groups in total. The average molecular weight is 204 g/mol. The van der Waals surface area contributed by atoms with Gasteiger partial charge in [0.2, 0.25) is 5.91 Å². The van der Waals surface area contributed by atoms with E-state index in [2.05, 4.69) is 10.6 Å². The molecular formula is C12H16N2O. The highest BCUT2D eigenvalue weighted by atomic mass is 16.1. The quantitative estimate of drug-likeness (QED) is 0.785. The Hall–Kier alpha value is -1.35. The minimum atomic E-state index is 0.120. The maximum absolute atomic E-state index is 11.6. The van der Waals surface area contributed by atoms with Gasteiger partial charge >= 0.3 is 0 Å². The summed E-state index contributed by atoms with van der Waals surface area (Å²) in [5.74, 6) is 0.628. The fourth-order valence-electron chi connectivity index (χ4n) is 1.88. The summed E-state index contributed by atoms with van der Waals surface area (Å²) in [6, 6.07) is 9.60. The average Bonchev–Trinajstić information content (AvgIpc) is 2.71. The summed E-state index contributed by atoms with van der Waals surface area (Å²) in [5, 5.41) is 6.16. The smallest absolute Gasteiger partial charge is 0.224 e. The highest BCUT2D eigenvalue weighted by Crippen LogP contribution is 2.13. The molecule has 3 nitrogen and oxygen atoms in total. The molecule has 1 fully saturated rings. The molecule has 2 rings (SSSR count). The normalized spacial score (nSPS) is 20.1. The third-order valence-corrected chi connectivity index (χ3v) is 2.69. The minimum absolute atomic E-state index is 0.120. The van der Waals surface area contributed by atoms with Crippen LogP contribution in [0, 0.1) is 5.92 Å². The van der Waals surface area contributed by atoms with E-state index in [1.807, 2.05) is 30.3 Å². The third kappa shape index (κ3) is 3.06. The van der Waals surface area contributed by atoms with Gasteiger partial charge in [0, 0.05) is 12.1 Å². The van der Waals surface area contributed by atoms with Gasteiger partial charge in [0.05, 0.1) is 0 Å². The van der Waals surface area contributed by atoms with Crippen LogP contribution in [0.2, 0.25) is 0 Å². The predicted octanol–water partition coefficient (Wildman–Crippen LogP) is 1.62. The molecule has 1 aromatic carbocycles. The lowest BCUT2D eigenvalue weighted by molar-refractivity contribution is -0.116. The zero-order valence-electron chi connectivity index (χ0n) is 8.70. The lowest BCUT2D eigenvalue weighted by atomic mass is 10.0. The fraction of sp³-hybridized carbons (Fsp3) is 0.417. The van der Waals surface area contributed by atoms with Gasteiger partial charge in [-0.1, -0.05) is 18.2 Å². The van der Waals surface area contributed by atoms with E-state index in [0.29, 0.717) is 12.3 Å².